The summed E-state index contributed by atoms with van der Waals surface area (Å²) in [5.41, 5.74) is 1.69. The summed E-state index contributed by atoms with van der Waals surface area (Å²) in [5, 5.41) is 0. The Kier molecular flexibility index (Phi) is 4.27. The van der Waals surface area contributed by atoms with Crippen LogP contribution in [0.1, 0.15) is 34.7 Å². The van der Waals surface area contributed by atoms with Crippen molar-refractivity contribution >= 4 is 11.8 Å². The van der Waals surface area contributed by atoms with Crippen LogP contribution in [0, 0.1) is 0 Å². The quantitative estimate of drug-likeness (QED) is 0.808. The first-order chi connectivity index (χ1) is 10.8. The minimum absolute atomic E-state index is 0.401. The van der Waals surface area contributed by atoms with Crippen molar-refractivity contribution in [2.24, 2.45) is 0 Å². The molecule has 0 bridgehead atoms. The van der Waals surface area contributed by atoms with Gasteiger partial charge in [0.1, 0.15) is 17.7 Å². The molecule has 22 heavy (non-hydrogen) atoms. The molecule has 2 aromatic heterocycles. The van der Waals surface area contributed by atoms with Gasteiger partial charge in [0.05, 0.1) is 7.11 Å². The number of methoxy groups -OCH3 is 1. The second-order valence-corrected chi connectivity index (χ2v) is 5.32. The first-order valence-electron chi connectivity index (χ1n) is 7.33. The fourth-order valence-electron chi connectivity index (χ4n) is 2.91. The lowest BCUT2D eigenvalue weighted by Gasteiger charge is -2.34. The number of pyridine rings is 1. The van der Waals surface area contributed by atoms with Gasteiger partial charge in [-0.3, -0.25) is 4.98 Å². The van der Waals surface area contributed by atoms with Gasteiger partial charge in [0, 0.05) is 37.6 Å². The number of hydrogen-bond donors (Lipinski definition) is 0. The maximum Gasteiger partial charge on any atom is 0.343 e. The normalized spacial score (nSPS) is 18.0. The van der Waals surface area contributed by atoms with E-state index in [1.807, 2.05) is 12.4 Å². The van der Waals surface area contributed by atoms with Crippen molar-refractivity contribution in [3.63, 3.8) is 0 Å². The first-order valence-corrected chi connectivity index (χ1v) is 7.33. The van der Waals surface area contributed by atoms with E-state index in [1.165, 1.54) is 25.2 Å². The Bertz CT molecular complexity index is 648. The summed E-state index contributed by atoms with van der Waals surface area (Å²) in [6, 6.07) is 4.10. The molecular formula is C16H18N4O2. The molecule has 1 aliphatic heterocycles. The fraction of sp³-hybridized carbons (Fsp3) is 0.375. The third-order valence-electron chi connectivity index (χ3n) is 3.99. The molecule has 1 atom stereocenters. The maximum absolute atomic E-state index is 11.9. The molecule has 0 saturated carbocycles. The zero-order chi connectivity index (χ0) is 15.4. The number of carbonyl (C=O) groups excluding carboxylic acids is 1. The minimum Gasteiger partial charge on any atom is -0.465 e. The van der Waals surface area contributed by atoms with Crippen molar-refractivity contribution in [1.29, 1.82) is 0 Å². The number of ether oxygens (including phenoxy) is 1. The third kappa shape index (κ3) is 2.90. The van der Waals surface area contributed by atoms with Gasteiger partial charge in [0.15, 0.2) is 0 Å². The van der Waals surface area contributed by atoms with Crippen LogP contribution in [0.25, 0.3) is 0 Å². The van der Waals surface area contributed by atoms with E-state index in [0.717, 1.165) is 25.9 Å². The second-order valence-electron chi connectivity index (χ2n) is 5.32. The second kappa shape index (κ2) is 6.51. The lowest BCUT2D eigenvalue weighted by molar-refractivity contribution is 0.0600. The first kappa shape index (κ1) is 14.4. The van der Waals surface area contributed by atoms with Crippen LogP contribution >= 0.6 is 0 Å². The maximum atomic E-state index is 11.9. The van der Waals surface area contributed by atoms with E-state index in [0.29, 0.717) is 17.3 Å². The van der Waals surface area contributed by atoms with Gasteiger partial charge in [-0.25, -0.2) is 14.8 Å². The summed E-state index contributed by atoms with van der Waals surface area (Å²) >= 11 is 0. The van der Waals surface area contributed by atoms with Gasteiger partial charge >= 0.3 is 5.97 Å². The van der Waals surface area contributed by atoms with E-state index in [-0.39, 0.29) is 0 Å². The summed E-state index contributed by atoms with van der Waals surface area (Å²) in [5.74, 6) is 0.666. The molecule has 0 N–H and O–H groups in total. The Labute approximate surface area is 129 Å². The monoisotopic (exact) mass is 298 g/mol. The van der Waals surface area contributed by atoms with Gasteiger partial charge in [-0.05, 0) is 30.5 Å². The van der Waals surface area contributed by atoms with Crippen molar-refractivity contribution in [1.82, 2.24) is 15.0 Å². The summed E-state index contributed by atoms with van der Waals surface area (Å²) in [6.07, 6.45) is 8.80. The van der Waals surface area contributed by atoms with Crippen molar-refractivity contribution in [3.8, 4) is 0 Å². The van der Waals surface area contributed by atoms with E-state index < -0.39 is 5.97 Å². The number of piperidine rings is 1. The molecule has 0 aliphatic carbocycles. The van der Waals surface area contributed by atoms with E-state index in [2.05, 4.69) is 32.0 Å². The van der Waals surface area contributed by atoms with Gasteiger partial charge in [-0.15, -0.1) is 0 Å². The van der Waals surface area contributed by atoms with Crippen LogP contribution in [0.3, 0.4) is 0 Å². The van der Waals surface area contributed by atoms with E-state index in [4.69, 9.17) is 4.74 Å². The van der Waals surface area contributed by atoms with Gasteiger partial charge in [0.2, 0.25) is 0 Å². The van der Waals surface area contributed by atoms with Crippen LogP contribution in [0.5, 0.6) is 0 Å². The molecule has 0 radical (unpaired) electrons. The smallest absolute Gasteiger partial charge is 0.343 e. The molecular weight excluding hydrogens is 280 g/mol. The summed E-state index contributed by atoms with van der Waals surface area (Å²) in [6.45, 7) is 1.70. The van der Waals surface area contributed by atoms with Crippen LogP contribution in [0.4, 0.5) is 5.82 Å². The van der Waals surface area contributed by atoms with Crippen molar-refractivity contribution in [2.75, 3.05) is 25.1 Å². The highest BCUT2D eigenvalue weighted by Crippen LogP contribution is 2.30. The highest BCUT2D eigenvalue weighted by Gasteiger charge is 2.26. The Morgan fingerprint density at radius 3 is 2.91 bits per heavy atom. The SMILES string of the molecule is COC(=O)c1cncnc1N1CCCC(c2ccncc2)C1. The van der Waals surface area contributed by atoms with Crippen LogP contribution in [-0.4, -0.2) is 41.1 Å². The summed E-state index contributed by atoms with van der Waals surface area (Å²) in [7, 11) is 1.37. The molecule has 0 spiro atoms. The molecule has 3 heterocycles. The molecule has 3 rings (SSSR count). The molecule has 1 unspecified atom stereocenters. The number of nitrogens with zero attached hydrogens (tertiary/aromatic N) is 4. The Morgan fingerprint density at radius 2 is 2.14 bits per heavy atom. The number of anilines is 1. The summed E-state index contributed by atoms with van der Waals surface area (Å²) in [4.78, 5) is 26.3. The number of hydrogen-bond acceptors (Lipinski definition) is 6. The van der Waals surface area contributed by atoms with Gasteiger partial charge in [-0.1, -0.05) is 0 Å². The predicted molar refractivity (Wildman–Crippen MR) is 81.8 cm³/mol. The zero-order valence-electron chi connectivity index (χ0n) is 12.5. The lowest BCUT2D eigenvalue weighted by Crippen LogP contribution is -2.36. The predicted octanol–water partition coefficient (Wildman–Crippen LogP) is 2.04. The third-order valence-corrected chi connectivity index (χ3v) is 3.99. The lowest BCUT2D eigenvalue weighted by atomic mass is 9.91. The molecule has 0 aromatic carbocycles. The number of aromatic nitrogens is 3. The van der Waals surface area contributed by atoms with E-state index in [1.54, 1.807) is 0 Å². The Balaban J connectivity index is 1.85. The standard InChI is InChI=1S/C16H18N4O2/c1-22-16(21)14-9-18-11-19-15(14)20-8-2-3-13(10-20)12-4-6-17-7-5-12/h4-7,9,11,13H,2-3,8,10H2,1H3. The number of carbonyl (C=O) groups is 1. The van der Waals surface area contributed by atoms with Gasteiger partial charge in [0.25, 0.3) is 0 Å². The van der Waals surface area contributed by atoms with Gasteiger partial charge in [-0.2, -0.15) is 0 Å². The average Bonchev–Trinajstić information content (AvgIpc) is 2.62. The molecule has 1 saturated heterocycles. The topological polar surface area (TPSA) is 68.2 Å². The molecule has 114 valence electrons. The van der Waals surface area contributed by atoms with Crippen molar-refractivity contribution in [3.05, 3.63) is 48.2 Å². The molecule has 0 amide bonds. The fourth-order valence-corrected chi connectivity index (χ4v) is 2.91. The Morgan fingerprint density at radius 1 is 1.32 bits per heavy atom. The molecule has 1 aliphatic rings. The number of rotatable bonds is 3. The largest absolute Gasteiger partial charge is 0.465 e. The van der Waals surface area contributed by atoms with E-state index >= 15 is 0 Å². The van der Waals surface area contributed by atoms with E-state index in [9.17, 15) is 4.79 Å². The van der Waals surface area contributed by atoms with Crippen LogP contribution < -0.4 is 4.90 Å². The molecule has 6 nitrogen and oxygen atoms in total. The molecule has 2 aromatic rings. The van der Waals surface area contributed by atoms with Gasteiger partial charge < -0.3 is 9.64 Å². The number of esters is 1. The zero-order valence-corrected chi connectivity index (χ0v) is 12.5. The minimum atomic E-state index is -0.401. The highest BCUT2D eigenvalue weighted by molar-refractivity contribution is 5.94. The summed E-state index contributed by atoms with van der Waals surface area (Å²) < 4.78 is 4.83. The van der Waals surface area contributed by atoms with Crippen molar-refractivity contribution < 1.29 is 9.53 Å². The Hall–Kier alpha value is -2.50. The van der Waals surface area contributed by atoms with Crippen molar-refractivity contribution in [2.45, 2.75) is 18.8 Å². The van der Waals surface area contributed by atoms with Crippen LogP contribution in [0.15, 0.2) is 37.1 Å². The molecule has 6 heteroatoms. The van der Waals surface area contributed by atoms with Crippen LogP contribution in [-0.2, 0) is 4.74 Å². The highest BCUT2D eigenvalue weighted by atomic mass is 16.5. The van der Waals surface area contributed by atoms with Crippen LogP contribution in [0.2, 0.25) is 0 Å². The average molecular weight is 298 g/mol. The molecule has 1 fully saturated rings.